The second-order valence-corrected chi connectivity index (χ2v) is 7.31. The number of nitrogens with one attached hydrogen (secondary N) is 1. The van der Waals surface area contributed by atoms with Gasteiger partial charge in [0, 0.05) is 48.5 Å². The fourth-order valence-electron chi connectivity index (χ4n) is 3.21. The van der Waals surface area contributed by atoms with E-state index in [0.29, 0.717) is 5.41 Å². The Morgan fingerprint density at radius 2 is 1.88 bits per heavy atom. The van der Waals surface area contributed by atoms with E-state index in [0.717, 1.165) is 31.1 Å². The molecule has 0 amide bonds. The van der Waals surface area contributed by atoms with Crippen LogP contribution in [0.5, 0.6) is 0 Å². The van der Waals surface area contributed by atoms with Crippen LogP contribution in [-0.2, 0) is 10.8 Å². The van der Waals surface area contributed by atoms with Gasteiger partial charge in [0.15, 0.2) is 0 Å². The zero-order valence-electron chi connectivity index (χ0n) is 11.0. The van der Waals surface area contributed by atoms with Crippen molar-refractivity contribution in [1.82, 2.24) is 10.2 Å². The van der Waals surface area contributed by atoms with E-state index in [-0.39, 0.29) is 0 Å². The Morgan fingerprint density at radius 1 is 1.24 bits per heavy atom. The van der Waals surface area contributed by atoms with Gasteiger partial charge in [0.1, 0.15) is 0 Å². The van der Waals surface area contributed by atoms with Crippen LogP contribution in [0.3, 0.4) is 0 Å². The quantitative estimate of drug-likeness (QED) is 0.805. The molecule has 1 aliphatic heterocycles. The van der Waals surface area contributed by atoms with Crippen LogP contribution in [-0.4, -0.2) is 53.3 Å². The van der Waals surface area contributed by atoms with Gasteiger partial charge in [-0.25, -0.2) is 0 Å². The summed E-state index contributed by atoms with van der Waals surface area (Å²) in [5.74, 6) is 1.77. The largest absolute Gasteiger partial charge is 0.316 e. The maximum Gasteiger partial charge on any atom is 0.0363 e. The first-order chi connectivity index (χ1) is 8.24. The van der Waals surface area contributed by atoms with Gasteiger partial charge in [-0.3, -0.25) is 4.21 Å². The Kier molecular flexibility index (Phi) is 5.00. The van der Waals surface area contributed by atoms with Crippen LogP contribution in [0.1, 0.15) is 32.6 Å². The van der Waals surface area contributed by atoms with Gasteiger partial charge in [-0.15, -0.1) is 0 Å². The summed E-state index contributed by atoms with van der Waals surface area (Å²) in [5.41, 5.74) is 0.509. The molecule has 2 aliphatic rings. The molecule has 0 radical (unpaired) electrons. The minimum atomic E-state index is -0.540. The van der Waals surface area contributed by atoms with E-state index >= 15 is 0 Å². The average molecular weight is 258 g/mol. The predicted octanol–water partition coefficient (Wildman–Crippen LogP) is 1.22. The highest BCUT2D eigenvalue weighted by Gasteiger charge is 2.35. The lowest BCUT2D eigenvalue weighted by Crippen LogP contribution is -2.47. The first-order valence-electron chi connectivity index (χ1n) is 7.02. The summed E-state index contributed by atoms with van der Waals surface area (Å²) < 4.78 is 11.4. The third-order valence-electron chi connectivity index (χ3n) is 4.24. The maximum absolute atomic E-state index is 11.4. The van der Waals surface area contributed by atoms with E-state index in [4.69, 9.17) is 0 Å². The molecule has 0 aromatic carbocycles. The zero-order valence-corrected chi connectivity index (χ0v) is 11.9. The first-order valence-corrected chi connectivity index (χ1v) is 8.51. The number of rotatable bonds is 5. The Labute approximate surface area is 108 Å². The highest BCUT2D eigenvalue weighted by molar-refractivity contribution is 7.85. The summed E-state index contributed by atoms with van der Waals surface area (Å²) in [6, 6.07) is 0. The van der Waals surface area contributed by atoms with Crippen molar-refractivity contribution >= 4 is 10.8 Å². The minimum absolute atomic E-state index is 0.509. The van der Waals surface area contributed by atoms with Crippen LogP contribution < -0.4 is 5.32 Å². The van der Waals surface area contributed by atoms with Gasteiger partial charge < -0.3 is 10.2 Å². The molecule has 0 unspecified atom stereocenters. The van der Waals surface area contributed by atoms with Crippen LogP contribution in [0.25, 0.3) is 0 Å². The van der Waals surface area contributed by atoms with E-state index in [1.165, 1.54) is 38.8 Å². The van der Waals surface area contributed by atoms with Crippen molar-refractivity contribution in [2.45, 2.75) is 32.6 Å². The van der Waals surface area contributed by atoms with Gasteiger partial charge in [0.2, 0.25) is 0 Å². The minimum Gasteiger partial charge on any atom is -0.316 e. The third kappa shape index (κ3) is 3.76. The number of hydrogen-bond acceptors (Lipinski definition) is 3. The number of nitrogens with zero attached hydrogens (tertiary/aromatic N) is 1. The van der Waals surface area contributed by atoms with Crippen LogP contribution in [0.4, 0.5) is 0 Å². The first kappa shape index (κ1) is 13.5. The van der Waals surface area contributed by atoms with Crippen LogP contribution in [0.2, 0.25) is 0 Å². The van der Waals surface area contributed by atoms with Gasteiger partial charge in [-0.05, 0) is 24.8 Å². The molecule has 0 bridgehead atoms. The molecule has 3 nitrogen and oxygen atoms in total. The summed E-state index contributed by atoms with van der Waals surface area (Å²) in [7, 11) is -0.540. The number of hydrogen-bond donors (Lipinski definition) is 1. The summed E-state index contributed by atoms with van der Waals surface area (Å²) in [5, 5.41) is 3.54. The van der Waals surface area contributed by atoms with Gasteiger partial charge in [-0.2, -0.15) is 0 Å². The summed E-state index contributed by atoms with van der Waals surface area (Å²) >= 11 is 0. The maximum atomic E-state index is 11.4. The predicted molar refractivity (Wildman–Crippen MR) is 73.8 cm³/mol. The molecular formula is C13H26N2OS. The molecule has 1 saturated carbocycles. The topological polar surface area (TPSA) is 32.3 Å². The van der Waals surface area contributed by atoms with Crippen molar-refractivity contribution in [1.29, 1.82) is 0 Å². The van der Waals surface area contributed by atoms with Crippen LogP contribution in [0.15, 0.2) is 0 Å². The van der Waals surface area contributed by atoms with Gasteiger partial charge in [0.25, 0.3) is 0 Å². The molecule has 1 N–H and O–H groups in total. The lowest BCUT2D eigenvalue weighted by atomic mass is 9.85. The monoisotopic (exact) mass is 258 g/mol. The fraction of sp³-hybridized carbons (Fsp3) is 1.00. The Balaban J connectivity index is 1.86. The molecule has 1 heterocycles. The average Bonchev–Trinajstić information content (AvgIpc) is 2.79. The highest BCUT2D eigenvalue weighted by Crippen LogP contribution is 2.38. The Bertz CT molecular complexity index is 254. The van der Waals surface area contributed by atoms with E-state index in [2.05, 4.69) is 17.1 Å². The molecule has 0 aromatic heterocycles. The van der Waals surface area contributed by atoms with Crippen molar-refractivity contribution in [3.05, 3.63) is 0 Å². The van der Waals surface area contributed by atoms with Crippen molar-refractivity contribution < 1.29 is 4.21 Å². The molecule has 1 aliphatic carbocycles. The molecule has 100 valence electrons. The molecule has 4 heteroatoms. The van der Waals surface area contributed by atoms with Crippen molar-refractivity contribution in [2.75, 3.05) is 44.2 Å². The smallest absolute Gasteiger partial charge is 0.0363 e. The van der Waals surface area contributed by atoms with Crippen molar-refractivity contribution in [3.8, 4) is 0 Å². The molecule has 17 heavy (non-hydrogen) atoms. The van der Waals surface area contributed by atoms with Crippen molar-refractivity contribution in [3.63, 3.8) is 0 Å². The van der Waals surface area contributed by atoms with E-state index in [9.17, 15) is 4.21 Å². The molecule has 0 atom stereocenters. The lowest BCUT2D eigenvalue weighted by molar-refractivity contribution is 0.158. The lowest BCUT2D eigenvalue weighted by Gasteiger charge is -2.37. The Hall–Kier alpha value is 0.0700. The zero-order chi connectivity index (χ0) is 12.1. The van der Waals surface area contributed by atoms with Crippen LogP contribution >= 0.6 is 0 Å². The molecule has 0 spiro atoms. The van der Waals surface area contributed by atoms with E-state index < -0.39 is 10.8 Å². The van der Waals surface area contributed by atoms with Gasteiger partial charge in [0.05, 0.1) is 0 Å². The molecule has 2 rings (SSSR count). The van der Waals surface area contributed by atoms with Gasteiger partial charge in [-0.1, -0.05) is 19.8 Å². The highest BCUT2D eigenvalue weighted by atomic mass is 32.2. The Morgan fingerprint density at radius 3 is 2.47 bits per heavy atom. The summed E-state index contributed by atoms with van der Waals surface area (Å²) in [6.07, 6.45) is 5.54. The summed E-state index contributed by atoms with van der Waals surface area (Å²) in [4.78, 5) is 2.55. The SMILES string of the molecule is CCNCC1(CN2CCS(=O)CC2)CCCC1. The molecular weight excluding hydrogens is 232 g/mol. The standard InChI is InChI=1S/C13H26N2OS/c1-2-14-11-13(5-3-4-6-13)12-15-7-9-17(16)10-8-15/h14H,2-12H2,1H3. The second-order valence-electron chi connectivity index (χ2n) is 5.61. The third-order valence-corrected chi connectivity index (χ3v) is 5.52. The summed E-state index contributed by atoms with van der Waals surface area (Å²) in [6.45, 7) is 7.74. The molecule has 1 saturated heterocycles. The normalized spacial score (nSPS) is 26.4. The van der Waals surface area contributed by atoms with E-state index in [1.807, 2.05) is 0 Å². The van der Waals surface area contributed by atoms with Gasteiger partial charge >= 0.3 is 0 Å². The van der Waals surface area contributed by atoms with E-state index in [1.54, 1.807) is 0 Å². The molecule has 0 aromatic rings. The van der Waals surface area contributed by atoms with Crippen molar-refractivity contribution in [2.24, 2.45) is 5.41 Å². The van der Waals surface area contributed by atoms with Crippen LogP contribution in [0, 0.1) is 5.41 Å². The second kappa shape index (κ2) is 6.30. The molecule has 2 fully saturated rings. The fourth-order valence-corrected chi connectivity index (χ4v) is 4.34.